The summed E-state index contributed by atoms with van der Waals surface area (Å²) in [6, 6.07) is 8.09. The molecule has 0 saturated carbocycles. The zero-order valence-electron chi connectivity index (χ0n) is 12.7. The summed E-state index contributed by atoms with van der Waals surface area (Å²) in [5.74, 6) is -0.715. The molecule has 23 heavy (non-hydrogen) atoms. The van der Waals surface area contributed by atoms with E-state index in [1.54, 1.807) is 0 Å². The minimum absolute atomic E-state index is 0.0768. The van der Waals surface area contributed by atoms with Crippen molar-refractivity contribution in [1.82, 2.24) is 4.90 Å². The molecule has 1 fully saturated rings. The van der Waals surface area contributed by atoms with Gasteiger partial charge in [0, 0.05) is 5.03 Å². The molecule has 1 aromatic carbocycles. The van der Waals surface area contributed by atoms with Gasteiger partial charge in [0.25, 0.3) is 0 Å². The largest absolute Gasteiger partial charge is 0.371 e. The SMILES string of the molecule is O=C1[C@H]2CC=C(Cl)C[C@@H]2C(=O)N1C[C@@H]1OCCc2ccccc21. The molecule has 0 bridgehead atoms. The fourth-order valence-electron chi connectivity index (χ4n) is 3.87. The smallest absolute Gasteiger partial charge is 0.233 e. The van der Waals surface area contributed by atoms with Crippen molar-refractivity contribution in [2.45, 2.75) is 25.4 Å². The number of halogens is 1. The molecule has 4 nitrogen and oxygen atoms in total. The lowest BCUT2D eigenvalue weighted by Crippen LogP contribution is -2.37. The Balaban J connectivity index is 1.57. The summed E-state index contributed by atoms with van der Waals surface area (Å²) in [5.41, 5.74) is 2.33. The first-order chi connectivity index (χ1) is 11.1. The highest BCUT2D eigenvalue weighted by molar-refractivity contribution is 6.30. The molecule has 2 amide bonds. The van der Waals surface area contributed by atoms with Crippen molar-refractivity contribution in [2.75, 3.05) is 13.2 Å². The molecule has 0 N–H and O–H groups in total. The summed E-state index contributed by atoms with van der Waals surface area (Å²) in [6.07, 6.45) is 3.56. The predicted molar refractivity (Wildman–Crippen MR) is 85.7 cm³/mol. The normalized spacial score (nSPS) is 30.0. The van der Waals surface area contributed by atoms with E-state index in [-0.39, 0.29) is 29.8 Å². The third-order valence-corrected chi connectivity index (χ3v) is 5.41. The van der Waals surface area contributed by atoms with Crippen LogP contribution in [0.15, 0.2) is 35.4 Å². The number of imide groups is 1. The van der Waals surface area contributed by atoms with Crippen molar-refractivity contribution < 1.29 is 14.3 Å². The van der Waals surface area contributed by atoms with Crippen LogP contribution in [0.3, 0.4) is 0 Å². The van der Waals surface area contributed by atoms with Crippen molar-refractivity contribution in [3.8, 4) is 0 Å². The number of rotatable bonds is 2. The fraction of sp³-hybridized carbons (Fsp3) is 0.444. The first-order valence-corrected chi connectivity index (χ1v) is 8.42. The summed E-state index contributed by atoms with van der Waals surface area (Å²) >= 11 is 6.06. The van der Waals surface area contributed by atoms with Gasteiger partial charge in [-0.2, -0.15) is 0 Å². The van der Waals surface area contributed by atoms with Crippen LogP contribution in [0.5, 0.6) is 0 Å². The number of carbonyl (C=O) groups is 2. The highest BCUT2D eigenvalue weighted by atomic mass is 35.5. The molecule has 0 spiro atoms. The van der Waals surface area contributed by atoms with Gasteiger partial charge in [0.1, 0.15) is 6.10 Å². The van der Waals surface area contributed by atoms with Gasteiger partial charge in [0.05, 0.1) is 25.0 Å². The lowest BCUT2D eigenvalue weighted by atomic mass is 9.85. The number of likely N-dealkylation sites (tertiary alicyclic amines) is 1. The Kier molecular flexibility index (Phi) is 3.74. The number of benzene rings is 1. The topological polar surface area (TPSA) is 46.6 Å². The van der Waals surface area contributed by atoms with Crippen molar-refractivity contribution in [2.24, 2.45) is 11.8 Å². The van der Waals surface area contributed by atoms with Crippen LogP contribution in [-0.2, 0) is 20.7 Å². The molecule has 1 saturated heterocycles. The van der Waals surface area contributed by atoms with Gasteiger partial charge < -0.3 is 4.74 Å². The van der Waals surface area contributed by atoms with Gasteiger partial charge in [-0.05, 0) is 30.4 Å². The lowest BCUT2D eigenvalue weighted by molar-refractivity contribution is -0.142. The highest BCUT2D eigenvalue weighted by Gasteiger charge is 2.49. The maximum absolute atomic E-state index is 12.6. The van der Waals surface area contributed by atoms with Crippen LogP contribution < -0.4 is 0 Å². The summed E-state index contributed by atoms with van der Waals surface area (Å²) in [4.78, 5) is 26.7. The Labute approximate surface area is 140 Å². The van der Waals surface area contributed by atoms with E-state index in [1.807, 2.05) is 24.3 Å². The average molecular weight is 332 g/mol. The number of allylic oxidation sites excluding steroid dienone is 2. The maximum atomic E-state index is 12.6. The van der Waals surface area contributed by atoms with Gasteiger partial charge in [-0.15, -0.1) is 0 Å². The third-order valence-electron chi connectivity index (χ3n) is 5.10. The van der Waals surface area contributed by atoms with Gasteiger partial charge in [-0.1, -0.05) is 41.9 Å². The van der Waals surface area contributed by atoms with Gasteiger partial charge >= 0.3 is 0 Å². The number of nitrogens with zero attached hydrogens (tertiary/aromatic N) is 1. The van der Waals surface area contributed by atoms with Gasteiger partial charge in [0.2, 0.25) is 11.8 Å². The van der Waals surface area contributed by atoms with Crippen LogP contribution >= 0.6 is 11.6 Å². The molecule has 2 heterocycles. The van der Waals surface area contributed by atoms with E-state index in [0.29, 0.717) is 31.0 Å². The van der Waals surface area contributed by atoms with Crippen LogP contribution in [0.25, 0.3) is 0 Å². The Morgan fingerprint density at radius 2 is 1.96 bits per heavy atom. The highest BCUT2D eigenvalue weighted by Crippen LogP contribution is 2.40. The minimum Gasteiger partial charge on any atom is -0.371 e. The molecule has 3 atom stereocenters. The molecule has 0 aromatic heterocycles. The van der Waals surface area contributed by atoms with Crippen molar-refractivity contribution >= 4 is 23.4 Å². The zero-order valence-corrected chi connectivity index (χ0v) is 13.5. The minimum atomic E-state index is -0.293. The van der Waals surface area contributed by atoms with Gasteiger partial charge in [-0.25, -0.2) is 0 Å². The number of hydrogen-bond acceptors (Lipinski definition) is 3. The monoisotopic (exact) mass is 331 g/mol. The Morgan fingerprint density at radius 3 is 2.83 bits per heavy atom. The van der Waals surface area contributed by atoms with E-state index < -0.39 is 0 Å². The second-order valence-corrected chi connectivity index (χ2v) is 6.88. The summed E-state index contributed by atoms with van der Waals surface area (Å²) in [7, 11) is 0. The molecule has 120 valence electrons. The fourth-order valence-corrected chi connectivity index (χ4v) is 4.13. The number of amides is 2. The molecule has 4 rings (SSSR count). The Bertz CT molecular complexity index is 699. The van der Waals surface area contributed by atoms with Crippen LogP contribution in [0.4, 0.5) is 0 Å². The van der Waals surface area contributed by atoms with Crippen LogP contribution in [0.2, 0.25) is 0 Å². The van der Waals surface area contributed by atoms with E-state index in [2.05, 4.69) is 6.07 Å². The van der Waals surface area contributed by atoms with E-state index in [9.17, 15) is 9.59 Å². The summed E-state index contributed by atoms with van der Waals surface area (Å²) in [6.45, 7) is 0.928. The Hall–Kier alpha value is -1.65. The number of ether oxygens (including phenoxy) is 1. The molecule has 1 aliphatic carbocycles. The van der Waals surface area contributed by atoms with Gasteiger partial charge in [0.15, 0.2) is 0 Å². The van der Waals surface area contributed by atoms with Gasteiger partial charge in [-0.3, -0.25) is 14.5 Å². The molecular formula is C18H18ClNO3. The third kappa shape index (κ3) is 2.50. The molecule has 5 heteroatoms. The van der Waals surface area contributed by atoms with Crippen molar-refractivity contribution in [1.29, 1.82) is 0 Å². The van der Waals surface area contributed by atoms with E-state index >= 15 is 0 Å². The van der Waals surface area contributed by atoms with Crippen molar-refractivity contribution in [3.63, 3.8) is 0 Å². The van der Waals surface area contributed by atoms with Crippen LogP contribution in [0.1, 0.15) is 30.1 Å². The maximum Gasteiger partial charge on any atom is 0.233 e. The second-order valence-electron chi connectivity index (χ2n) is 6.40. The molecule has 0 radical (unpaired) electrons. The number of fused-ring (bicyclic) bond motifs is 2. The summed E-state index contributed by atoms with van der Waals surface area (Å²) in [5, 5.41) is 0.688. The number of carbonyl (C=O) groups excluding carboxylic acids is 2. The average Bonchev–Trinajstić information content (AvgIpc) is 2.80. The standard InChI is InChI=1S/C18H18ClNO3/c19-12-5-6-14-15(9-12)18(22)20(17(14)21)10-16-13-4-2-1-3-11(13)7-8-23-16/h1-5,14-16H,6-10H2/t14-,15-,16-/m0/s1. The quantitative estimate of drug-likeness (QED) is 0.783. The second kappa shape index (κ2) is 5.77. The first kappa shape index (κ1) is 14.9. The molecule has 2 aliphatic heterocycles. The summed E-state index contributed by atoms with van der Waals surface area (Å²) < 4.78 is 5.85. The Morgan fingerprint density at radius 1 is 1.17 bits per heavy atom. The van der Waals surface area contributed by atoms with E-state index in [4.69, 9.17) is 16.3 Å². The molecule has 3 aliphatic rings. The van der Waals surface area contributed by atoms with E-state index in [0.717, 1.165) is 12.0 Å². The van der Waals surface area contributed by atoms with E-state index in [1.165, 1.54) is 10.5 Å². The lowest BCUT2D eigenvalue weighted by Gasteiger charge is -2.29. The van der Waals surface area contributed by atoms with Crippen LogP contribution in [0, 0.1) is 11.8 Å². The first-order valence-electron chi connectivity index (χ1n) is 8.04. The molecular weight excluding hydrogens is 314 g/mol. The number of hydrogen-bond donors (Lipinski definition) is 0. The van der Waals surface area contributed by atoms with Crippen LogP contribution in [-0.4, -0.2) is 29.9 Å². The zero-order chi connectivity index (χ0) is 16.0. The van der Waals surface area contributed by atoms with Crippen molar-refractivity contribution in [3.05, 3.63) is 46.5 Å². The predicted octanol–water partition coefficient (Wildman–Crippen LogP) is 2.82. The molecule has 1 aromatic rings. The molecule has 0 unspecified atom stereocenters.